The van der Waals surface area contributed by atoms with Crippen LogP contribution in [-0.2, 0) is 21.2 Å². The number of amides is 1. The van der Waals surface area contributed by atoms with E-state index in [9.17, 15) is 13.2 Å². The quantitative estimate of drug-likeness (QED) is 0.819. The summed E-state index contributed by atoms with van der Waals surface area (Å²) >= 11 is 1.20. The zero-order valence-electron chi connectivity index (χ0n) is 13.7. The molecule has 2 aromatic heterocycles. The highest BCUT2D eigenvalue weighted by atomic mass is 32.2. The molecule has 25 heavy (non-hydrogen) atoms. The predicted octanol–water partition coefficient (Wildman–Crippen LogP) is 1.44. The Hall–Kier alpha value is -1.84. The van der Waals surface area contributed by atoms with Crippen molar-refractivity contribution in [3.05, 3.63) is 41.8 Å². The van der Waals surface area contributed by atoms with Crippen molar-refractivity contribution in [3.63, 3.8) is 0 Å². The molecule has 134 valence electrons. The fourth-order valence-corrected chi connectivity index (χ4v) is 5.11. The Labute approximate surface area is 151 Å². The summed E-state index contributed by atoms with van der Waals surface area (Å²) in [6.45, 7) is 1.14. The standard InChI is InChI=1S/C16H20N4O3S2/c21-15(4-3-13-5-8-17-12-18-13)20-9-6-14(7-10-20)19-25(22,23)16-2-1-11-24-16/h1-2,5,8,11-12,14,19H,3-4,6-7,9-10H2. The molecular formula is C16H20N4O3S2. The highest BCUT2D eigenvalue weighted by Crippen LogP contribution is 2.19. The topological polar surface area (TPSA) is 92.3 Å². The molecule has 9 heteroatoms. The number of nitrogens with zero attached hydrogens (tertiary/aromatic N) is 3. The largest absolute Gasteiger partial charge is 0.343 e. The van der Waals surface area contributed by atoms with Crippen LogP contribution >= 0.6 is 11.3 Å². The Balaban J connectivity index is 1.46. The van der Waals surface area contributed by atoms with Gasteiger partial charge in [0.15, 0.2) is 0 Å². The van der Waals surface area contributed by atoms with Crippen LogP contribution in [0.15, 0.2) is 40.3 Å². The highest BCUT2D eigenvalue weighted by Gasteiger charge is 2.26. The van der Waals surface area contributed by atoms with Crippen LogP contribution in [0.3, 0.4) is 0 Å². The van der Waals surface area contributed by atoms with Crippen molar-refractivity contribution in [2.45, 2.75) is 35.9 Å². The van der Waals surface area contributed by atoms with Gasteiger partial charge in [0.25, 0.3) is 0 Å². The number of likely N-dealkylation sites (tertiary alicyclic amines) is 1. The summed E-state index contributed by atoms with van der Waals surface area (Å²) in [5, 5.41) is 1.74. The molecule has 0 aromatic carbocycles. The van der Waals surface area contributed by atoms with Gasteiger partial charge in [-0.05, 0) is 36.8 Å². The summed E-state index contributed by atoms with van der Waals surface area (Å²) < 4.78 is 27.6. The third-order valence-electron chi connectivity index (χ3n) is 4.17. The summed E-state index contributed by atoms with van der Waals surface area (Å²) in [7, 11) is -3.45. The molecule has 0 atom stereocenters. The number of sulfonamides is 1. The predicted molar refractivity (Wildman–Crippen MR) is 94.6 cm³/mol. The third kappa shape index (κ3) is 4.83. The van der Waals surface area contributed by atoms with E-state index in [0.717, 1.165) is 5.69 Å². The average molecular weight is 380 g/mol. The summed E-state index contributed by atoms with van der Waals surface area (Å²) in [5.41, 5.74) is 0.849. The SMILES string of the molecule is O=C(CCc1ccncn1)N1CCC(NS(=O)(=O)c2cccs2)CC1. The number of hydrogen-bond donors (Lipinski definition) is 1. The minimum absolute atomic E-state index is 0.0816. The van der Waals surface area contributed by atoms with E-state index < -0.39 is 10.0 Å². The number of carbonyl (C=O) groups is 1. The fraction of sp³-hybridized carbons (Fsp3) is 0.438. The van der Waals surface area contributed by atoms with Crippen LogP contribution in [0.1, 0.15) is 25.0 Å². The van der Waals surface area contributed by atoms with Gasteiger partial charge in [-0.1, -0.05) is 6.07 Å². The molecule has 1 fully saturated rings. The maximum atomic E-state index is 12.3. The van der Waals surface area contributed by atoms with E-state index in [0.29, 0.717) is 43.0 Å². The summed E-state index contributed by atoms with van der Waals surface area (Å²) in [5.74, 6) is 0.0816. The molecule has 0 aliphatic carbocycles. The van der Waals surface area contributed by atoms with Crippen LogP contribution in [0.25, 0.3) is 0 Å². The summed E-state index contributed by atoms with van der Waals surface area (Å²) in [6.07, 6.45) is 5.39. The molecule has 0 unspecified atom stereocenters. The lowest BCUT2D eigenvalue weighted by atomic mass is 10.1. The van der Waals surface area contributed by atoms with Crippen molar-refractivity contribution in [2.75, 3.05) is 13.1 Å². The first-order valence-electron chi connectivity index (χ1n) is 8.13. The molecule has 7 nitrogen and oxygen atoms in total. The Morgan fingerprint density at radius 3 is 2.76 bits per heavy atom. The van der Waals surface area contributed by atoms with Gasteiger partial charge in [0.05, 0.1) is 0 Å². The van der Waals surface area contributed by atoms with E-state index in [1.165, 1.54) is 17.7 Å². The maximum absolute atomic E-state index is 12.3. The number of thiophene rings is 1. The van der Waals surface area contributed by atoms with E-state index in [4.69, 9.17) is 0 Å². The molecule has 0 spiro atoms. The molecule has 1 amide bonds. The Bertz CT molecular complexity index is 786. The van der Waals surface area contributed by atoms with Crippen LogP contribution in [0.2, 0.25) is 0 Å². The second-order valence-corrected chi connectivity index (χ2v) is 8.80. The van der Waals surface area contributed by atoms with Crippen LogP contribution in [-0.4, -0.2) is 48.3 Å². The van der Waals surface area contributed by atoms with Gasteiger partial charge in [-0.2, -0.15) is 0 Å². The van der Waals surface area contributed by atoms with Gasteiger partial charge in [-0.25, -0.2) is 23.1 Å². The minimum Gasteiger partial charge on any atom is -0.343 e. The normalized spacial score (nSPS) is 16.1. The first-order valence-corrected chi connectivity index (χ1v) is 10.5. The van der Waals surface area contributed by atoms with E-state index in [2.05, 4.69) is 14.7 Å². The van der Waals surface area contributed by atoms with E-state index in [-0.39, 0.29) is 11.9 Å². The van der Waals surface area contributed by atoms with E-state index >= 15 is 0 Å². The smallest absolute Gasteiger partial charge is 0.250 e. The number of hydrogen-bond acceptors (Lipinski definition) is 6. The van der Waals surface area contributed by atoms with Gasteiger partial charge >= 0.3 is 0 Å². The Morgan fingerprint density at radius 2 is 2.12 bits per heavy atom. The van der Waals surface area contributed by atoms with E-state index in [1.807, 2.05) is 0 Å². The van der Waals surface area contributed by atoms with Gasteiger partial charge in [-0.3, -0.25) is 4.79 Å². The van der Waals surface area contributed by atoms with Crippen LogP contribution in [0.4, 0.5) is 0 Å². The molecule has 1 N–H and O–H groups in total. The number of carbonyl (C=O) groups excluding carboxylic acids is 1. The van der Waals surface area contributed by atoms with Gasteiger partial charge < -0.3 is 4.90 Å². The van der Waals surface area contributed by atoms with Gasteiger partial charge in [0.2, 0.25) is 15.9 Å². The molecule has 1 aliphatic heterocycles. The number of rotatable bonds is 6. The highest BCUT2D eigenvalue weighted by molar-refractivity contribution is 7.91. The number of piperidine rings is 1. The number of aromatic nitrogens is 2. The fourth-order valence-electron chi connectivity index (χ4n) is 2.80. The molecular weight excluding hydrogens is 360 g/mol. The number of nitrogens with one attached hydrogen (secondary N) is 1. The van der Waals surface area contributed by atoms with Crippen LogP contribution in [0.5, 0.6) is 0 Å². The van der Waals surface area contributed by atoms with Gasteiger partial charge in [0.1, 0.15) is 10.5 Å². The van der Waals surface area contributed by atoms with Crippen molar-refractivity contribution in [1.82, 2.24) is 19.6 Å². The van der Waals surface area contributed by atoms with Crippen LogP contribution < -0.4 is 4.72 Å². The second kappa shape index (κ2) is 8.03. The van der Waals surface area contributed by atoms with Crippen molar-refractivity contribution >= 4 is 27.3 Å². The molecule has 1 aliphatic rings. The molecule has 0 saturated carbocycles. The first kappa shape index (κ1) is 18.0. The third-order valence-corrected chi connectivity index (χ3v) is 7.09. The van der Waals surface area contributed by atoms with Gasteiger partial charge in [0, 0.05) is 37.4 Å². The first-order chi connectivity index (χ1) is 12.0. The Morgan fingerprint density at radius 1 is 1.32 bits per heavy atom. The lowest BCUT2D eigenvalue weighted by molar-refractivity contribution is -0.132. The van der Waals surface area contributed by atoms with Crippen molar-refractivity contribution < 1.29 is 13.2 Å². The van der Waals surface area contributed by atoms with Crippen molar-refractivity contribution in [1.29, 1.82) is 0 Å². The van der Waals surface area contributed by atoms with Gasteiger partial charge in [-0.15, -0.1) is 11.3 Å². The lowest BCUT2D eigenvalue weighted by Gasteiger charge is -2.32. The molecule has 3 rings (SSSR count). The zero-order chi connectivity index (χ0) is 17.7. The average Bonchev–Trinajstić information content (AvgIpc) is 3.17. The Kier molecular flexibility index (Phi) is 5.77. The second-order valence-electron chi connectivity index (χ2n) is 5.91. The lowest BCUT2D eigenvalue weighted by Crippen LogP contribution is -2.46. The van der Waals surface area contributed by atoms with Crippen LogP contribution in [0, 0.1) is 0 Å². The molecule has 0 radical (unpaired) electrons. The molecule has 3 heterocycles. The zero-order valence-corrected chi connectivity index (χ0v) is 15.3. The van der Waals surface area contributed by atoms with Crippen molar-refractivity contribution in [3.8, 4) is 0 Å². The maximum Gasteiger partial charge on any atom is 0.250 e. The summed E-state index contributed by atoms with van der Waals surface area (Å²) in [4.78, 5) is 22.1. The molecule has 1 saturated heterocycles. The monoisotopic (exact) mass is 380 g/mol. The number of aryl methyl sites for hydroxylation is 1. The summed E-state index contributed by atoms with van der Waals surface area (Å²) in [6, 6.07) is 4.99. The molecule has 2 aromatic rings. The minimum atomic E-state index is -3.45. The molecule has 0 bridgehead atoms. The van der Waals surface area contributed by atoms with Crippen molar-refractivity contribution in [2.24, 2.45) is 0 Å². The van der Waals surface area contributed by atoms with E-state index in [1.54, 1.807) is 34.7 Å².